The molecule has 26 heavy (non-hydrogen) atoms. The van der Waals surface area contributed by atoms with Crippen LogP contribution < -0.4 is 14.8 Å². The number of benzene rings is 1. The molecule has 1 atom stereocenters. The third-order valence-corrected chi connectivity index (χ3v) is 5.02. The maximum Gasteiger partial charge on any atom is 0.267 e. The van der Waals surface area contributed by atoms with Gasteiger partial charge in [0.15, 0.2) is 11.5 Å². The number of aromatic nitrogens is 1. The maximum absolute atomic E-state index is 12.7. The zero-order chi connectivity index (χ0) is 18.7. The first-order valence-electron chi connectivity index (χ1n) is 8.87. The number of carbonyl (C=O) groups is 1. The number of hydrogen-bond donors (Lipinski definition) is 1. The average molecular weight is 361 g/mol. The lowest BCUT2D eigenvalue weighted by molar-refractivity contribution is 0.0204. The molecular formula is C19H27N3O4. The summed E-state index contributed by atoms with van der Waals surface area (Å²) in [5.41, 5.74) is 1.52. The fourth-order valence-corrected chi connectivity index (χ4v) is 3.43. The van der Waals surface area contributed by atoms with Gasteiger partial charge in [-0.15, -0.1) is 0 Å². The third-order valence-electron chi connectivity index (χ3n) is 5.02. The van der Waals surface area contributed by atoms with Crippen molar-refractivity contribution in [3.05, 3.63) is 23.9 Å². The quantitative estimate of drug-likeness (QED) is 0.848. The number of fused-ring (bicyclic) bond motifs is 1. The predicted octanol–water partition coefficient (Wildman–Crippen LogP) is 1.65. The van der Waals surface area contributed by atoms with E-state index in [2.05, 4.69) is 17.1 Å². The first kappa shape index (κ1) is 18.5. The molecule has 1 N–H and O–H groups in total. The number of amides is 1. The second kappa shape index (κ2) is 7.97. The molecule has 0 unspecified atom stereocenters. The highest BCUT2D eigenvalue weighted by Gasteiger charge is 2.21. The minimum absolute atomic E-state index is 0.0928. The normalized spacial score (nSPS) is 16.5. The van der Waals surface area contributed by atoms with Crippen molar-refractivity contribution in [3.63, 3.8) is 0 Å². The Balaban J connectivity index is 1.76. The molecule has 1 aromatic carbocycles. The molecule has 7 heteroatoms. The monoisotopic (exact) mass is 361 g/mol. The van der Waals surface area contributed by atoms with E-state index in [4.69, 9.17) is 14.2 Å². The van der Waals surface area contributed by atoms with Crippen LogP contribution in [0.4, 0.5) is 0 Å². The minimum Gasteiger partial charge on any atom is -0.493 e. The van der Waals surface area contributed by atoms with E-state index in [0.717, 1.165) is 37.2 Å². The van der Waals surface area contributed by atoms with E-state index in [-0.39, 0.29) is 11.9 Å². The van der Waals surface area contributed by atoms with Gasteiger partial charge in [0, 0.05) is 38.1 Å². The van der Waals surface area contributed by atoms with Crippen molar-refractivity contribution in [2.75, 3.05) is 47.1 Å². The van der Waals surface area contributed by atoms with Gasteiger partial charge in [-0.25, -0.2) is 0 Å². The first-order chi connectivity index (χ1) is 12.6. The van der Waals surface area contributed by atoms with E-state index in [0.29, 0.717) is 23.7 Å². The molecule has 0 spiro atoms. The number of hydrogen-bond acceptors (Lipinski definition) is 5. The summed E-state index contributed by atoms with van der Waals surface area (Å²) < 4.78 is 18.1. The molecule has 1 saturated heterocycles. The van der Waals surface area contributed by atoms with Crippen LogP contribution in [-0.2, 0) is 11.8 Å². The van der Waals surface area contributed by atoms with Crippen molar-refractivity contribution < 1.29 is 19.0 Å². The van der Waals surface area contributed by atoms with Crippen LogP contribution in [0.1, 0.15) is 17.4 Å². The van der Waals surface area contributed by atoms with E-state index in [1.54, 1.807) is 14.2 Å². The van der Waals surface area contributed by atoms with Crippen LogP contribution in [0, 0.1) is 0 Å². The molecule has 1 aliphatic rings. The van der Waals surface area contributed by atoms with Gasteiger partial charge < -0.3 is 24.1 Å². The van der Waals surface area contributed by atoms with Crippen molar-refractivity contribution in [1.82, 2.24) is 14.8 Å². The zero-order valence-electron chi connectivity index (χ0n) is 15.9. The zero-order valence-corrected chi connectivity index (χ0v) is 15.9. The highest BCUT2D eigenvalue weighted by Crippen LogP contribution is 2.36. The van der Waals surface area contributed by atoms with Gasteiger partial charge in [0.2, 0.25) is 0 Å². The Morgan fingerprint density at radius 3 is 2.65 bits per heavy atom. The summed E-state index contributed by atoms with van der Waals surface area (Å²) >= 11 is 0. The van der Waals surface area contributed by atoms with Crippen molar-refractivity contribution in [3.8, 4) is 11.5 Å². The van der Waals surface area contributed by atoms with Gasteiger partial charge in [0.25, 0.3) is 5.91 Å². The van der Waals surface area contributed by atoms with Crippen molar-refractivity contribution in [2.24, 2.45) is 7.05 Å². The lowest BCUT2D eigenvalue weighted by Gasteiger charge is -2.32. The van der Waals surface area contributed by atoms with Gasteiger partial charge in [0.1, 0.15) is 5.69 Å². The molecule has 3 rings (SSSR count). The average Bonchev–Trinajstić information content (AvgIpc) is 3.02. The van der Waals surface area contributed by atoms with Gasteiger partial charge in [-0.1, -0.05) is 0 Å². The van der Waals surface area contributed by atoms with Gasteiger partial charge in [-0.2, -0.15) is 0 Å². The summed E-state index contributed by atoms with van der Waals surface area (Å²) in [6, 6.07) is 5.91. The number of methoxy groups -OCH3 is 2. The van der Waals surface area contributed by atoms with Crippen LogP contribution in [-0.4, -0.2) is 68.5 Å². The van der Waals surface area contributed by atoms with Crippen LogP contribution in [0.15, 0.2) is 18.2 Å². The second-order valence-corrected chi connectivity index (χ2v) is 6.53. The molecule has 1 amide bonds. The molecule has 1 aliphatic heterocycles. The Bertz CT molecular complexity index is 781. The molecule has 1 fully saturated rings. The van der Waals surface area contributed by atoms with Crippen LogP contribution in [0.5, 0.6) is 11.5 Å². The number of nitrogens with zero attached hydrogens (tertiary/aromatic N) is 2. The number of nitrogens with one attached hydrogen (secondary N) is 1. The fourth-order valence-electron chi connectivity index (χ4n) is 3.43. The fraction of sp³-hybridized carbons (Fsp3) is 0.526. The second-order valence-electron chi connectivity index (χ2n) is 6.53. The van der Waals surface area contributed by atoms with E-state index < -0.39 is 0 Å². The van der Waals surface area contributed by atoms with E-state index in [9.17, 15) is 4.79 Å². The SMILES string of the molecule is COc1ccc2c(cc(C(=O)NC[C@H](C)N3CCOCC3)n2C)c1OC. The number of aryl methyl sites for hydroxylation is 1. The molecular weight excluding hydrogens is 334 g/mol. The summed E-state index contributed by atoms with van der Waals surface area (Å²) in [5.74, 6) is 1.20. The van der Waals surface area contributed by atoms with Crippen LogP contribution in [0.2, 0.25) is 0 Å². The predicted molar refractivity (Wildman–Crippen MR) is 100 cm³/mol. The molecule has 1 aromatic heterocycles. The first-order valence-corrected chi connectivity index (χ1v) is 8.87. The molecule has 2 aromatic rings. The van der Waals surface area contributed by atoms with Crippen LogP contribution >= 0.6 is 0 Å². The highest BCUT2D eigenvalue weighted by molar-refractivity contribution is 6.01. The summed E-state index contributed by atoms with van der Waals surface area (Å²) in [4.78, 5) is 15.1. The summed E-state index contributed by atoms with van der Waals surface area (Å²) in [7, 11) is 5.09. The number of rotatable bonds is 6. The molecule has 0 radical (unpaired) electrons. The number of ether oxygens (including phenoxy) is 3. The van der Waals surface area contributed by atoms with Crippen molar-refractivity contribution in [1.29, 1.82) is 0 Å². The Kier molecular flexibility index (Phi) is 5.68. The smallest absolute Gasteiger partial charge is 0.267 e. The molecule has 0 saturated carbocycles. The minimum atomic E-state index is -0.0928. The molecule has 142 valence electrons. The molecule has 0 aliphatic carbocycles. The van der Waals surface area contributed by atoms with E-state index >= 15 is 0 Å². The topological polar surface area (TPSA) is 65.0 Å². The highest BCUT2D eigenvalue weighted by atomic mass is 16.5. The van der Waals surface area contributed by atoms with Crippen molar-refractivity contribution in [2.45, 2.75) is 13.0 Å². The van der Waals surface area contributed by atoms with Gasteiger partial charge in [-0.05, 0) is 25.1 Å². The molecule has 2 heterocycles. The maximum atomic E-state index is 12.7. The largest absolute Gasteiger partial charge is 0.493 e. The lowest BCUT2D eigenvalue weighted by Crippen LogP contribution is -2.47. The Hall–Kier alpha value is -2.25. The van der Waals surface area contributed by atoms with Crippen LogP contribution in [0.25, 0.3) is 10.9 Å². The summed E-state index contributed by atoms with van der Waals surface area (Å²) in [6.45, 7) is 6.04. The Morgan fingerprint density at radius 1 is 1.27 bits per heavy atom. The third kappa shape index (κ3) is 3.50. The Morgan fingerprint density at radius 2 is 2.00 bits per heavy atom. The standard InChI is InChI=1S/C19H27N3O4/c1-13(22-7-9-26-10-8-22)12-20-19(23)16-11-14-15(21(16)2)5-6-17(24-3)18(14)25-4/h5-6,11,13H,7-10,12H2,1-4H3,(H,20,23)/t13-/m0/s1. The van der Waals surface area contributed by atoms with E-state index in [1.165, 1.54) is 0 Å². The number of carbonyl (C=O) groups excluding carboxylic acids is 1. The molecule has 7 nitrogen and oxygen atoms in total. The number of morpholine rings is 1. The summed E-state index contributed by atoms with van der Waals surface area (Å²) in [6.07, 6.45) is 0. The summed E-state index contributed by atoms with van der Waals surface area (Å²) in [5, 5.41) is 3.91. The van der Waals surface area contributed by atoms with Crippen molar-refractivity contribution >= 4 is 16.8 Å². The van der Waals surface area contributed by atoms with Gasteiger partial charge in [-0.3, -0.25) is 9.69 Å². The van der Waals surface area contributed by atoms with Crippen LogP contribution in [0.3, 0.4) is 0 Å². The van der Waals surface area contributed by atoms with Gasteiger partial charge >= 0.3 is 0 Å². The Labute approximate surface area is 153 Å². The van der Waals surface area contributed by atoms with E-state index in [1.807, 2.05) is 29.8 Å². The van der Waals surface area contributed by atoms with Gasteiger partial charge in [0.05, 0.1) is 33.0 Å². The lowest BCUT2D eigenvalue weighted by atomic mass is 10.2. The molecule has 0 bridgehead atoms.